The van der Waals surface area contributed by atoms with Crippen molar-refractivity contribution < 1.29 is 9.59 Å². The Balaban J connectivity index is 1.57. The minimum atomic E-state index is -0.184. The first-order valence-electron chi connectivity index (χ1n) is 9.03. The molecule has 4 nitrogen and oxygen atoms in total. The van der Waals surface area contributed by atoms with Crippen molar-refractivity contribution in [2.24, 2.45) is 0 Å². The molecule has 1 heterocycles. The van der Waals surface area contributed by atoms with E-state index in [1.54, 1.807) is 41.7 Å². The van der Waals surface area contributed by atoms with Gasteiger partial charge in [-0.05, 0) is 54.6 Å². The molecule has 2 aromatic rings. The first-order chi connectivity index (χ1) is 12.6. The maximum absolute atomic E-state index is 12.6. The summed E-state index contributed by atoms with van der Waals surface area (Å²) in [6.45, 7) is 0. The van der Waals surface area contributed by atoms with Gasteiger partial charge in [0.2, 0.25) is 5.91 Å². The van der Waals surface area contributed by atoms with Crippen LogP contribution in [0.2, 0.25) is 0 Å². The number of nitrogens with one attached hydrogen (secondary N) is 1. The molecule has 26 heavy (non-hydrogen) atoms. The third kappa shape index (κ3) is 4.82. The van der Waals surface area contributed by atoms with Crippen LogP contribution in [0.15, 0.2) is 47.9 Å². The lowest BCUT2D eigenvalue weighted by molar-refractivity contribution is -0.111. The molecule has 0 atom stereocenters. The van der Waals surface area contributed by atoms with Crippen LogP contribution in [0.1, 0.15) is 47.3 Å². The van der Waals surface area contributed by atoms with Gasteiger partial charge < -0.3 is 10.2 Å². The molecule has 1 aromatic carbocycles. The number of rotatable bonds is 5. The Morgan fingerprint density at radius 2 is 1.85 bits per heavy atom. The van der Waals surface area contributed by atoms with Crippen LogP contribution < -0.4 is 5.32 Å². The summed E-state index contributed by atoms with van der Waals surface area (Å²) in [4.78, 5) is 27.5. The monoisotopic (exact) mass is 368 g/mol. The van der Waals surface area contributed by atoms with Crippen LogP contribution in [0.5, 0.6) is 0 Å². The molecule has 0 radical (unpaired) electrons. The Hall–Kier alpha value is -2.40. The van der Waals surface area contributed by atoms with Gasteiger partial charge in [-0.15, -0.1) is 11.3 Å². The molecule has 0 aliphatic heterocycles. The third-order valence-corrected chi connectivity index (χ3v) is 5.62. The van der Waals surface area contributed by atoms with Gasteiger partial charge in [0.05, 0.1) is 0 Å². The summed E-state index contributed by atoms with van der Waals surface area (Å²) in [5.74, 6) is -0.135. The summed E-state index contributed by atoms with van der Waals surface area (Å²) >= 11 is 1.58. The molecule has 5 heteroatoms. The first-order valence-corrected chi connectivity index (χ1v) is 9.91. The SMILES string of the molecule is CN(C(=O)c1ccc(NC(=O)C=Cc2cccs2)cc1)C1CCCCC1. The number of thiophene rings is 1. The van der Waals surface area contributed by atoms with Crippen molar-refractivity contribution in [2.75, 3.05) is 12.4 Å². The molecular weight excluding hydrogens is 344 g/mol. The summed E-state index contributed by atoms with van der Waals surface area (Å²) in [6, 6.07) is 11.4. The number of carbonyl (C=O) groups is 2. The Morgan fingerprint density at radius 3 is 2.50 bits per heavy atom. The topological polar surface area (TPSA) is 49.4 Å². The highest BCUT2D eigenvalue weighted by Crippen LogP contribution is 2.23. The van der Waals surface area contributed by atoms with E-state index in [1.807, 2.05) is 29.5 Å². The normalized spacial score (nSPS) is 15.1. The van der Waals surface area contributed by atoms with Gasteiger partial charge in [0.15, 0.2) is 0 Å². The van der Waals surface area contributed by atoms with Crippen molar-refractivity contribution in [3.63, 3.8) is 0 Å². The van der Waals surface area contributed by atoms with Crippen molar-refractivity contribution in [3.05, 3.63) is 58.3 Å². The van der Waals surface area contributed by atoms with E-state index in [2.05, 4.69) is 5.32 Å². The summed E-state index contributed by atoms with van der Waals surface area (Å²) in [7, 11) is 1.89. The highest BCUT2D eigenvalue weighted by molar-refractivity contribution is 7.10. The standard InChI is InChI=1S/C21H24N2O2S/c1-23(18-6-3-2-4-7-18)21(25)16-9-11-17(12-10-16)22-20(24)14-13-19-8-5-15-26-19/h5,8-15,18H,2-4,6-7H2,1H3,(H,22,24). The molecule has 2 amide bonds. The lowest BCUT2D eigenvalue weighted by Gasteiger charge is -2.31. The third-order valence-electron chi connectivity index (χ3n) is 4.78. The minimum absolute atomic E-state index is 0.0485. The molecule has 1 N–H and O–H groups in total. The second-order valence-electron chi connectivity index (χ2n) is 6.62. The lowest BCUT2D eigenvalue weighted by atomic mass is 9.94. The highest BCUT2D eigenvalue weighted by atomic mass is 32.1. The maximum atomic E-state index is 12.6. The van der Waals surface area contributed by atoms with Gasteiger partial charge in [-0.3, -0.25) is 9.59 Å². The molecule has 1 aromatic heterocycles. The van der Waals surface area contributed by atoms with Crippen molar-refractivity contribution in [3.8, 4) is 0 Å². The predicted molar refractivity (Wildman–Crippen MR) is 107 cm³/mol. The summed E-state index contributed by atoms with van der Waals surface area (Å²) in [5, 5.41) is 4.79. The van der Waals surface area contributed by atoms with Gasteiger partial charge in [-0.25, -0.2) is 0 Å². The van der Waals surface area contributed by atoms with Crippen LogP contribution in [0.4, 0.5) is 5.69 Å². The van der Waals surface area contributed by atoms with E-state index in [-0.39, 0.29) is 11.8 Å². The molecule has 3 rings (SSSR count). The molecular formula is C21H24N2O2S. The zero-order valence-electron chi connectivity index (χ0n) is 15.0. The van der Waals surface area contributed by atoms with Crippen LogP contribution in [-0.4, -0.2) is 29.8 Å². The average molecular weight is 369 g/mol. The number of nitrogens with zero attached hydrogens (tertiary/aromatic N) is 1. The molecule has 136 valence electrons. The zero-order valence-corrected chi connectivity index (χ0v) is 15.8. The van der Waals surface area contributed by atoms with Crippen molar-refractivity contribution in [1.29, 1.82) is 0 Å². The summed E-state index contributed by atoms with van der Waals surface area (Å²) in [6.07, 6.45) is 9.16. The number of amides is 2. The number of benzene rings is 1. The van der Waals surface area contributed by atoms with E-state index in [4.69, 9.17) is 0 Å². The largest absolute Gasteiger partial charge is 0.339 e. The van der Waals surface area contributed by atoms with Gasteiger partial charge in [0, 0.05) is 35.3 Å². The Bertz CT molecular complexity index is 760. The number of anilines is 1. The Labute approximate surface area is 158 Å². The highest BCUT2D eigenvalue weighted by Gasteiger charge is 2.22. The van der Waals surface area contributed by atoms with Gasteiger partial charge in [-0.1, -0.05) is 25.3 Å². The molecule has 1 fully saturated rings. The van der Waals surface area contributed by atoms with Crippen LogP contribution >= 0.6 is 11.3 Å². The van der Waals surface area contributed by atoms with Crippen molar-refractivity contribution in [2.45, 2.75) is 38.1 Å². The van der Waals surface area contributed by atoms with Gasteiger partial charge in [0.25, 0.3) is 5.91 Å². The van der Waals surface area contributed by atoms with Crippen LogP contribution in [0.3, 0.4) is 0 Å². The Kier molecular flexibility index (Phi) is 6.23. The zero-order chi connectivity index (χ0) is 18.4. The molecule has 0 bridgehead atoms. The number of hydrogen-bond donors (Lipinski definition) is 1. The maximum Gasteiger partial charge on any atom is 0.253 e. The number of carbonyl (C=O) groups excluding carboxylic acids is 2. The van der Waals surface area contributed by atoms with E-state index in [0.717, 1.165) is 17.7 Å². The molecule has 0 spiro atoms. The first kappa shape index (κ1) is 18.4. The van der Waals surface area contributed by atoms with E-state index in [9.17, 15) is 9.59 Å². The fourth-order valence-corrected chi connectivity index (χ4v) is 3.88. The molecule has 1 saturated carbocycles. The second-order valence-corrected chi connectivity index (χ2v) is 7.60. The van der Waals surface area contributed by atoms with E-state index < -0.39 is 0 Å². The van der Waals surface area contributed by atoms with Crippen LogP contribution in [0.25, 0.3) is 6.08 Å². The fourth-order valence-electron chi connectivity index (χ4n) is 3.26. The smallest absolute Gasteiger partial charge is 0.253 e. The van der Waals surface area contributed by atoms with E-state index in [0.29, 0.717) is 17.3 Å². The van der Waals surface area contributed by atoms with Gasteiger partial charge >= 0.3 is 0 Å². The molecule has 1 aliphatic carbocycles. The van der Waals surface area contributed by atoms with Gasteiger partial charge in [-0.2, -0.15) is 0 Å². The second kappa shape index (κ2) is 8.81. The average Bonchev–Trinajstić information content (AvgIpc) is 3.20. The summed E-state index contributed by atoms with van der Waals surface area (Å²) < 4.78 is 0. The molecule has 1 aliphatic rings. The molecule has 0 unspecified atom stereocenters. The minimum Gasteiger partial charge on any atom is -0.339 e. The molecule has 0 saturated heterocycles. The van der Waals surface area contributed by atoms with Crippen molar-refractivity contribution >= 4 is 34.9 Å². The van der Waals surface area contributed by atoms with Crippen molar-refractivity contribution in [1.82, 2.24) is 4.90 Å². The quantitative estimate of drug-likeness (QED) is 0.770. The fraction of sp³-hybridized carbons (Fsp3) is 0.333. The summed E-state index contributed by atoms with van der Waals surface area (Å²) in [5.41, 5.74) is 1.34. The predicted octanol–water partition coefficient (Wildman–Crippen LogP) is 4.80. The van der Waals surface area contributed by atoms with Crippen LogP contribution in [0, 0.1) is 0 Å². The van der Waals surface area contributed by atoms with E-state index in [1.165, 1.54) is 25.3 Å². The van der Waals surface area contributed by atoms with Crippen LogP contribution in [-0.2, 0) is 4.79 Å². The van der Waals surface area contributed by atoms with Gasteiger partial charge in [0.1, 0.15) is 0 Å². The number of hydrogen-bond acceptors (Lipinski definition) is 3. The Morgan fingerprint density at radius 1 is 1.12 bits per heavy atom. The van der Waals surface area contributed by atoms with E-state index >= 15 is 0 Å². The lowest BCUT2D eigenvalue weighted by Crippen LogP contribution is -2.38.